The summed E-state index contributed by atoms with van der Waals surface area (Å²) in [5, 5.41) is 8.88. The van der Waals surface area contributed by atoms with E-state index >= 15 is 0 Å². The number of halogens is 1. The number of carbonyl (C=O) groups excluding carboxylic acids is 1. The van der Waals surface area contributed by atoms with E-state index in [-0.39, 0.29) is 12.4 Å². The number of hydrogen-bond donors (Lipinski definition) is 0. The maximum atomic E-state index is 11.8. The Hall–Kier alpha value is -1.64. The molecular weight excluding hydrogens is 314 g/mol. The van der Waals surface area contributed by atoms with E-state index in [4.69, 9.17) is 10.00 Å². The van der Waals surface area contributed by atoms with Crippen molar-refractivity contribution in [1.82, 2.24) is 0 Å². The highest BCUT2D eigenvalue weighted by molar-refractivity contribution is 9.11. The van der Waals surface area contributed by atoms with Crippen LogP contribution in [0, 0.1) is 11.3 Å². The van der Waals surface area contributed by atoms with Gasteiger partial charge in [-0.15, -0.1) is 11.3 Å². The lowest BCUT2D eigenvalue weighted by atomic mass is 10.2. The topological polar surface area (TPSA) is 50.1 Å². The number of Topliss-reactive ketones (excluding diaryl/α,β-unsaturated/α-hetero) is 1. The molecule has 0 N–H and O–H groups in total. The quantitative estimate of drug-likeness (QED) is 0.808. The van der Waals surface area contributed by atoms with Crippen molar-refractivity contribution >= 4 is 33.0 Å². The molecule has 0 aliphatic heterocycles. The molecule has 0 unspecified atom stereocenters. The van der Waals surface area contributed by atoms with Gasteiger partial charge in [0, 0.05) is 0 Å². The lowest BCUT2D eigenvalue weighted by molar-refractivity contribution is 0.0925. The van der Waals surface area contributed by atoms with E-state index in [0.717, 1.165) is 3.79 Å². The Labute approximate surface area is 117 Å². The first-order valence-corrected chi connectivity index (χ1v) is 6.72. The molecule has 0 bridgehead atoms. The first kappa shape index (κ1) is 12.8. The standard InChI is InChI=1S/C13H8BrNO2S/c14-13-6-5-12(18-13)10(16)8-17-11-4-2-1-3-9(11)7-15/h1-6H,8H2. The van der Waals surface area contributed by atoms with Crippen LogP contribution in [-0.2, 0) is 0 Å². The normalized spacial score (nSPS) is 9.78. The third-order valence-electron chi connectivity index (χ3n) is 2.21. The van der Waals surface area contributed by atoms with E-state index in [0.29, 0.717) is 16.2 Å². The van der Waals surface area contributed by atoms with E-state index in [9.17, 15) is 4.79 Å². The largest absolute Gasteiger partial charge is 0.484 e. The molecule has 2 aromatic rings. The zero-order valence-corrected chi connectivity index (χ0v) is 11.6. The van der Waals surface area contributed by atoms with Crippen molar-refractivity contribution in [2.24, 2.45) is 0 Å². The minimum atomic E-state index is -0.0987. The van der Waals surface area contributed by atoms with Gasteiger partial charge in [0.15, 0.2) is 6.61 Å². The molecule has 90 valence electrons. The molecule has 0 radical (unpaired) electrons. The summed E-state index contributed by atoms with van der Waals surface area (Å²) in [5.41, 5.74) is 0.428. The maximum absolute atomic E-state index is 11.8. The van der Waals surface area contributed by atoms with Crippen molar-refractivity contribution in [2.75, 3.05) is 6.61 Å². The summed E-state index contributed by atoms with van der Waals surface area (Å²) in [5.74, 6) is 0.336. The summed E-state index contributed by atoms with van der Waals surface area (Å²) >= 11 is 4.66. The third-order valence-corrected chi connectivity index (χ3v) is 3.88. The molecule has 1 aromatic carbocycles. The number of rotatable bonds is 4. The number of ketones is 1. The van der Waals surface area contributed by atoms with Crippen molar-refractivity contribution in [2.45, 2.75) is 0 Å². The van der Waals surface area contributed by atoms with Crippen LogP contribution < -0.4 is 4.74 Å². The molecule has 18 heavy (non-hydrogen) atoms. The fourth-order valence-corrected chi connectivity index (χ4v) is 2.67. The zero-order chi connectivity index (χ0) is 13.0. The molecule has 0 saturated carbocycles. The summed E-state index contributed by atoms with van der Waals surface area (Å²) < 4.78 is 6.28. The lowest BCUT2D eigenvalue weighted by Crippen LogP contribution is -2.10. The molecule has 0 spiro atoms. The van der Waals surface area contributed by atoms with Gasteiger partial charge in [-0.1, -0.05) is 12.1 Å². The lowest BCUT2D eigenvalue weighted by Gasteiger charge is -2.05. The number of nitrogens with zero attached hydrogens (tertiary/aromatic N) is 1. The predicted molar refractivity (Wildman–Crippen MR) is 73.0 cm³/mol. The van der Waals surface area contributed by atoms with E-state index in [1.165, 1.54) is 11.3 Å². The Morgan fingerprint density at radius 2 is 2.11 bits per heavy atom. The van der Waals surface area contributed by atoms with Crippen molar-refractivity contribution < 1.29 is 9.53 Å². The molecule has 0 saturated heterocycles. The van der Waals surface area contributed by atoms with E-state index < -0.39 is 0 Å². The monoisotopic (exact) mass is 321 g/mol. The van der Waals surface area contributed by atoms with Crippen LogP contribution in [0.2, 0.25) is 0 Å². The Bertz CT molecular complexity index is 615. The SMILES string of the molecule is N#Cc1ccccc1OCC(=O)c1ccc(Br)s1. The fourth-order valence-electron chi connectivity index (χ4n) is 1.36. The molecule has 0 fully saturated rings. The van der Waals surface area contributed by atoms with Gasteiger partial charge in [-0.05, 0) is 40.2 Å². The minimum absolute atomic E-state index is 0.0638. The Morgan fingerprint density at radius 3 is 2.78 bits per heavy atom. The summed E-state index contributed by atoms with van der Waals surface area (Å²) in [6, 6.07) is 12.4. The molecule has 3 nitrogen and oxygen atoms in total. The Balaban J connectivity index is 2.04. The van der Waals surface area contributed by atoms with Crippen LogP contribution in [0.25, 0.3) is 0 Å². The van der Waals surface area contributed by atoms with Crippen LogP contribution in [0.1, 0.15) is 15.2 Å². The van der Waals surface area contributed by atoms with Gasteiger partial charge in [-0.3, -0.25) is 4.79 Å². The molecular formula is C13H8BrNO2S. The van der Waals surface area contributed by atoms with Crippen molar-refractivity contribution in [3.05, 3.63) is 50.6 Å². The van der Waals surface area contributed by atoms with Crippen LogP contribution in [0.4, 0.5) is 0 Å². The minimum Gasteiger partial charge on any atom is -0.484 e. The van der Waals surface area contributed by atoms with Crippen LogP contribution in [0.3, 0.4) is 0 Å². The van der Waals surface area contributed by atoms with E-state index in [1.807, 2.05) is 12.1 Å². The molecule has 0 aliphatic rings. The highest BCUT2D eigenvalue weighted by atomic mass is 79.9. The van der Waals surface area contributed by atoms with Crippen LogP contribution in [-0.4, -0.2) is 12.4 Å². The molecule has 0 atom stereocenters. The van der Waals surface area contributed by atoms with Gasteiger partial charge >= 0.3 is 0 Å². The number of para-hydroxylation sites is 1. The van der Waals surface area contributed by atoms with Gasteiger partial charge in [0.05, 0.1) is 14.2 Å². The molecule has 0 aliphatic carbocycles. The molecule has 0 amide bonds. The van der Waals surface area contributed by atoms with Gasteiger partial charge in [0.2, 0.25) is 5.78 Å². The molecule has 2 rings (SSSR count). The van der Waals surface area contributed by atoms with Crippen LogP contribution in [0.15, 0.2) is 40.2 Å². The number of ether oxygens (including phenoxy) is 1. The number of hydrogen-bond acceptors (Lipinski definition) is 4. The molecule has 1 heterocycles. The Kier molecular flexibility index (Phi) is 4.13. The summed E-state index contributed by atoms with van der Waals surface area (Å²) in [4.78, 5) is 12.4. The van der Waals surface area contributed by atoms with E-state index in [2.05, 4.69) is 15.9 Å². The van der Waals surface area contributed by atoms with Gasteiger partial charge in [-0.2, -0.15) is 5.26 Å². The zero-order valence-electron chi connectivity index (χ0n) is 9.22. The van der Waals surface area contributed by atoms with Gasteiger partial charge in [-0.25, -0.2) is 0 Å². The highest BCUT2D eigenvalue weighted by Gasteiger charge is 2.10. The van der Waals surface area contributed by atoms with Crippen molar-refractivity contribution in [3.8, 4) is 11.8 Å². The molecule has 5 heteroatoms. The summed E-state index contributed by atoms with van der Waals surface area (Å²) in [6.45, 7) is -0.0638. The summed E-state index contributed by atoms with van der Waals surface area (Å²) in [6.07, 6.45) is 0. The van der Waals surface area contributed by atoms with Crippen molar-refractivity contribution in [1.29, 1.82) is 5.26 Å². The fraction of sp³-hybridized carbons (Fsp3) is 0.0769. The Morgan fingerprint density at radius 1 is 1.33 bits per heavy atom. The van der Waals surface area contributed by atoms with Gasteiger partial charge in [0.1, 0.15) is 11.8 Å². The number of nitriles is 1. The predicted octanol–water partition coefficient (Wildman–Crippen LogP) is 3.64. The maximum Gasteiger partial charge on any atom is 0.210 e. The summed E-state index contributed by atoms with van der Waals surface area (Å²) in [7, 11) is 0. The second kappa shape index (κ2) is 5.80. The first-order valence-electron chi connectivity index (χ1n) is 5.11. The highest BCUT2D eigenvalue weighted by Crippen LogP contribution is 2.23. The van der Waals surface area contributed by atoms with Crippen molar-refractivity contribution in [3.63, 3.8) is 0 Å². The average Bonchev–Trinajstić information content (AvgIpc) is 2.83. The van der Waals surface area contributed by atoms with Gasteiger partial charge in [0.25, 0.3) is 0 Å². The number of carbonyl (C=O) groups is 1. The number of benzene rings is 1. The number of thiophene rings is 1. The average molecular weight is 322 g/mol. The third kappa shape index (κ3) is 2.97. The van der Waals surface area contributed by atoms with Crippen LogP contribution >= 0.6 is 27.3 Å². The smallest absolute Gasteiger partial charge is 0.210 e. The van der Waals surface area contributed by atoms with Crippen LogP contribution in [0.5, 0.6) is 5.75 Å². The molecule has 1 aromatic heterocycles. The van der Waals surface area contributed by atoms with Gasteiger partial charge < -0.3 is 4.74 Å². The second-order valence-corrected chi connectivity index (χ2v) is 5.89. The van der Waals surface area contributed by atoms with E-state index in [1.54, 1.807) is 30.3 Å². The first-order chi connectivity index (χ1) is 8.70. The second-order valence-electron chi connectivity index (χ2n) is 3.42.